The second kappa shape index (κ2) is 4.67. The average Bonchev–Trinajstić information content (AvgIpc) is 2.14. The third kappa shape index (κ3) is 2.50. The van der Waals surface area contributed by atoms with Gasteiger partial charge in [0.2, 0.25) is 0 Å². The molecule has 74 valence electrons. The Morgan fingerprint density at radius 3 is 2.93 bits per heavy atom. The Labute approximate surface area is 87.0 Å². The molecule has 0 aliphatic heterocycles. The predicted molar refractivity (Wildman–Crippen MR) is 57.1 cm³/mol. The molecule has 0 radical (unpaired) electrons. The van der Waals surface area contributed by atoms with E-state index in [1.54, 1.807) is 18.2 Å². The zero-order chi connectivity index (χ0) is 10.6. The van der Waals surface area contributed by atoms with Crippen LogP contribution in [-0.4, -0.2) is 17.6 Å². The van der Waals surface area contributed by atoms with Crippen LogP contribution in [0.2, 0.25) is 5.02 Å². The summed E-state index contributed by atoms with van der Waals surface area (Å²) in [6.45, 7) is 4.03. The van der Waals surface area contributed by atoms with Gasteiger partial charge in [0.1, 0.15) is 0 Å². The fourth-order valence-electron chi connectivity index (χ4n) is 1.03. The molecule has 4 heteroatoms. The highest BCUT2D eigenvalue weighted by Gasteiger charge is 2.09. The normalized spacial score (nSPS) is 9.50. The first-order valence-electron chi connectivity index (χ1n) is 4.02. The molecule has 0 spiro atoms. The van der Waals surface area contributed by atoms with E-state index in [0.29, 0.717) is 17.3 Å². The molecule has 0 aliphatic rings. The zero-order valence-electron chi connectivity index (χ0n) is 7.46. The molecule has 0 aromatic heterocycles. The largest absolute Gasteiger partial charge is 0.478 e. The van der Waals surface area contributed by atoms with E-state index < -0.39 is 5.97 Å². The van der Waals surface area contributed by atoms with Crippen LogP contribution < -0.4 is 5.32 Å². The lowest BCUT2D eigenvalue weighted by Gasteiger charge is -2.07. The SMILES string of the molecule is C=CCNc1cc(Cl)ccc1C(=O)O. The Morgan fingerprint density at radius 1 is 1.64 bits per heavy atom. The van der Waals surface area contributed by atoms with Gasteiger partial charge in [-0.1, -0.05) is 17.7 Å². The Bertz CT molecular complexity index is 363. The number of aromatic carboxylic acids is 1. The minimum Gasteiger partial charge on any atom is -0.478 e. The molecule has 14 heavy (non-hydrogen) atoms. The summed E-state index contributed by atoms with van der Waals surface area (Å²) in [4.78, 5) is 10.8. The molecule has 0 amide bonds. The molecule has 0 heterocycles. The number of anilines is 1. The number of halogens is 1. The van der Waals surface area contributed by atoms with Crippen LogP contribution in [0.1, 0.15) is 10.4 Å². The highest BCUT2D eigenvalue weighted by molar-refractivity contribution is 6.31. The van der Waals surface area contributed by atoms with Gasteiger partial charge in [0, 0.05) is 11.6 Å². The Hall–Kier alpha value is -1.48. The summed E-state index contributed by atoms with van der Waals surface area (Å²) < 4.78 is 0. The van der Waals surface area contributed by atoms with Gasteiger partial charge >= 0.3 is 5.97 Å². The van der Waals surface area contributed by atoms with Crippen LogP contribution in [0.3, 0.4) is 0 Å². The molecule has 0 bridgehead atoms. The molecule has 0 aliphatic carbocycles. The van der Waals surface area contributed by atoms with E-state index in [1.165, 1.54) is 6.07 Å². The van der Waals surface area contributed by atoms with Crippen molar-refractivity contribution in [3.8, 4) is 0 Å². The molecule has 3 nitrogen and oxygen atoms in total. The van der Waals surface area contributed by atoms with Crippen LogP contribution in [0.5, 0.6) is 0 Å². The monoisotopic (exact) mass is 211 g/mol. The second-order valence-electron chi connectivity index (χ2n) is 2.66. The molecule has 0 atom stereocenters. The van der Waals surface area contributed by atoms with Crippen LogP contribution in [-0.2, 0) is 0 Å². The minimum absolute atomic E-state index is 0.205. The van der Waals surface area contributed by atoms with E-state index >= 15 is 0 Å². The first-order chi connectivity index (χ1) is 6.65. The van der Waals surface area contributed by atoms with Crippen LogP contribution in [0, 0.1) is 0 Å². The first-order valence-corrected chi connectivity index (χ1v) is 4.40. The van der Waals surface area contributed by atoms with Crippen molar-refractivity contribution in [2.45, 2.75) is 0 Å². The molecule has 0 saturated heterocycles. The minimum atomic E-state index is -0.978. The lowest BCUT2D eigenvalue weighted by atomic mass is 10.2. The van der Waals surface area contributed by atoms with Crippen LogP contribution in [0.4, 0.5) is 5.69 Å². The van der Waals surface area contributed by atoms with Crippen LogP contribution in [0.25, 0.3) is 0 Å². The summed E-state index contributed by atoms with van der Waals surface area (Å²) in [5, 5.41) is 12.3. The molecule has 0 unspecified atom stereocenters. The van der Waals surface area contributed by atoms with Crippen molar-refractivity contribution in [1.82, 2.24) is 0 Å². The number of carbonyl (C=O) groups is 1. The van der Waals surface area contributed by atoms with E-state index in [4.69, 9.17) is 16.7 Å². The lowest BCUT2D eigenvalue weighted by molar-refractivity contribution is 0.0698. The van der Waals surface area contributed by atoms with Gasteiger partial charge in [0.15, 0.2) is 0 Å². The number of nitrogens with one attached hydrogen (secondary N) is 1. The van der Waals surface area contributed by atoms with Crippen molar-refractivity contribution in [2.24, 2.45) is 0 Å². The van der Waals surface area contributed by atoms with E-state index in [2.05, 4.69) is 11.9 Å². The van der Waals surface area contributed by atoms with E-state index in [-0.39, 0.29) is 5.56 Å². The van der Waals surface area contributed by atoms with E-state index in [0.717, 1.165) is 0 Å². The van der Waals surface area contributed by atoms with Gasteiger partial charge in [-0.25, -0.2) is 4.79 Å². The standard InChI is InChI=1S/C10H10ClNO2/c1-2-5-12-9-6-7(11)3-4-8(9)10(13)14/h2-4,6,12H,1,5H2,(H,13,14). The molecule has 2 N–H and O–H groups in total. The first kappa shape index (κ1) is 10.6. The zero-order valence-corrected chi connectivity index (χ0v) is 8.21. The summed E-state index contributed by atoms with van der Waals surface area (Å²) in [5.74, 6) is -0.978. The van der Waals surface area contributed by atoms with Crippen molar-refractivity contribution >= 4 is 23.3 Å². The number of hydrogen-bond acceptors (Lipinski definition) is 2. The molecular weight excluding hydrogens is 202 g/mol. The molecule has 0 saturated carbocycles. The maximum atomic E-state index is 10.8. The van der Waals surface area contributed by atoms with Crippen molar-refractivity contribution < 1.29 is 9.90 Å². The van der Waals surface area contributed by atoms with Gasteiger partial charge in [0.25, 0.3) is 0 Å². The van der Waals surface area contributed by atoms with Crippen molar-refractivity contribution in [3.63, 3.8) is 0 Å². The second-order valence-corrected chi connectivity index (χ2v) is 3.10. The summed E-state index contributed by atoms with van der Waals surface area (Å²) in [7, 11) is 0. The highest BCUT2D eigenvalue weighted by atomic mass is 35.5. The maximum absolute atomic E-state index is 10.8. The molecular formula is C10H10ClNO2. The highest BCUT2D eigenvalue weighted by Crippen LogP contribution is 2.20. The van der Waals surface area contributed by atoms with Crippen LogP contribution in [0.15, 0.2) is 30.9 Å². The molecule has 0 fully saturated rings. The number of benzene rings is 1. The number of rotatable bonds is 4. The summed E-state index contributed by atoms with van der Waals surface area (Å²) in [5.41, 5.74) is 0.709. The van der Waals surface area contributed by atoms with Crippen LogP contribution >= 0.6 is 11.6 Å². The Balaban J connectivity index is 3.02. The Kier molecular flexibility index (Phi) is 3.54. The van der Waals surface area contributed by atoms with Gasteiger partial charge in [0.05, 0.1) is 11.3 Å². The van der Waals surface area contributed by atoms with E-state index in [9.17, 15) is 4.79 Å². The average molecular weight is 212 g/mol. The fourth-order valence-corrected chi connectivity index (χ4v) is 1.20. The topological polar surface area (TPSA) is 49.3 Å². The summed E-state index contributed by atoms with van der Waals surface area (Å²) in [6.07, 6.45) is 1.65. The number of carboxylic acids is 1. The lowest BCUT2D eigenvalue weighted by Crippen LogP contribution is -2.05. The van der Waals surface area contributed by atoms with Gasteiger partial charge in [-0.05, 0) is 18.2 Å². The van der Waals surface area contributed by atoms with Gasteiger partial charge in [-0.2, -0.15) is 0 Å². The number of hydrogen-bond donors (Lipinski definition) is 2. The maximum Gasteiger partial charge on any atom is 0.337 e. The smallest absolute Gasteiger partial charge is 0.337 e. The quantitative estimate of drug-likeness (QED) is 0.753. The predicted octanol–water partition coefficient (Wildman–Crippen LogP) is 2.64. The van der Waals surface area contributed by atoms with Crippen molar-refractivity contribution in [3.05, 3.63) is 41.4 Å². The van der Waals surface area contributed by atoms with Crippen molar-refractivity contribution in [1.29, 1.82) is 0 Å². The number of carboxylic acid groups (broad SMARTS) is 1. The third-order valence-electron chi connectivity index (χ3n) is 1.65. The third-order valence-corrected chi connectivity index (χ3v) is 1.88. The van der Waals surface area contributed by atoms with Crippen molar-refractivity contribution in [2.75, 3.05) is 11.9 Å². The molecule has 1 rings (SSSR count). The molecule has 1 aromatic rings. The van der Waals surface area contributed by atoms with Gasteiger partial charge in [-0.15, -0.1) is 6.58 Å². The van der Waals surface area contributed by atoms with Gasteiger partial charge in [-0.3, -0.25) is 0 Å². The Morgan fingerprint density at radius 2 is 2.36 bits per heavy atom. The molecule has 1 aromatic carbocycles. The fraction of sp³-hybridized carbons (Fsp3) is 0.100. The van der Waals surface area contributed by atoms with E-state index in [1.807, 2.05) is 0 Å². The van der Waals surface area contributed by atoms with Gasteiger partial charge < -0.3 is 10.4 Å². The summed E-state index contributed by atoms with van der Waals surface area (Å²) >= 11 is 5.74. The summed E-state index contributed by atoms with van der Waals surface area (Å²) in [6, 6.07) is 4.59.